The van der Waals surface area contributed by atoms with E-state index in [9.17, 15) is 0 Å². The van der Waals surface area contributed by atoms with Crippen LogP contribution < -0.4 is 0 Å². The molecule has 0 spiro atoms. The molecule has 6 heteroatoms. The molecule has 3 aromatic heterocycles. The summed E-state index contributed by atoms with van der Waals surface area (Å²) in [5.74, 6) is 0. The predicted molar refractivity (Wildman–Crippen MR) is 102 cm³/mol. The van der Waals surface area contributed by atoms with Crippen molar-refractivity contribution >= 4 is 0 Å². The topological polar surface area (TPSA) is 62.6 Å². The van der Waals surface area contributed by atoms with Gasteiger partial charge in [-0.25, -0.2) is 9.67 Å². The molecule has 0 radical (unpaired) electrons. The summed E-state index contributed by atoms with van der Waals surface area (Å²) in [5, 5.41) is 4.54. The van der Waals surface area contributed by atoms with Crippen LogP contribution >= 0.6 is 0 Å². The molecular weight excluding hydrogens is 336 g/mol. The maximum atomic E-state index is 4.63. The fourth-order valence-electron chi connectivity index (χ4n) is 3.86. The van der Waals surface area contributed by atoms with Crippen LogP contribution in [0.25, 0.3) is 5.69 Å². The Morgan fingerprint density at radius 2 is 1.96 bits per heavy atom. The van der Waals surface area contributed by atoms with Gasteiger partial charge in [-0.15, -0.1) is 0 Å². The molecule has 6 nitrogen and oxygen atoms in total. The first-order chi connectivity index (χ1) is 13.4. The SMILES string of the molecule is c1ccc(-n2nccc2CN2CCc3[nH]cnc3[C@H]2c2cccnc2)cc1. The summed E-state index contributed by atoms with van der Waals surface area (Å²) in [5.41, 5.74) is 5.72. The lowest BCUT2D eigenvalue weighted by Crippen LogP contribution is -2.36. The maximum Gasteiger partial charge on any atom is 0.0926 e. The third-order valence-corrected chi connectivity index (χ3v) is 5.11. The van der Waals surface area contributed by atoms with E-state index < -0.39 is 0 Å². The number of hydrogen-bond acceptors (Lipinski definition) is 4. The molecule has 4 aromatic rings. The number of nitrogens with zero attached hydrogens (tertiary/aromatic N) is 5. The van der Waals surface area contributed by atoms with Gasteiger partial charge >= 0.3 is 0 Å². The zero-order valence-corrected chi connectivity index (χ0v) is 14.9. The fourth-order valence-corrected chi connectivity index (χ4v) is 3.86. The Bertz CT molecular complexity index is 1020. The number of imidazole rings is 1. The Morgan fingerprint density at radius 3 is 2.81 bits per heavy atom. The van der Waals surface area contributed by atoms with Crippen LogP contribution in [0.2, 0.25) is 0 Å². The molecular formula is C21H20N6. The highest BCUT2D eigenvalue weighted by molar-refractivity contribution is 5.34. The first-order valence-corrected chi connectivity index (χ1v) is 9.14. The number of para-hydroxylation sites is 1. The van der Waals surface area contributed by atoms with Gasteiger partial charge in [-0.3, -0.25) is 9.88 Å². The number of aromatic amines is 1. The van der Waals surface area contributed by atoms with Crippen LogP contribution in [0.15, 0.2) is 73.4 Å². The van der Waals surface area contributed by atoms with Crippen molar-refractivity contribution in [2.75, 3.05) is 6.54 Å². The molecule has 4 heterocycles. The first kappa shape index (κ1) is 16.0. The van der Waals surface area contributed by atoms with Gasteiger partial charge in [-0.05, 0) is 29.8 Å². The third-order valence-electron chi connectivity index (χ3n) is 5.11. The van der Waals surface area contributed by atoms with Crippen molar-refractivity contribution in [3.63, 3.8) is 0 Å². The average molecular weight is 356 g/mol. The van der Waals surface area contributed by atoms with Gasteiger partial charge in [-0.1, -0.05) is 24.3 Å². The Labute approximate surface area is 157 Å². The van der Waals surface area contributed by atoms with E-state index in [0.29, 0.717) is 0 Å². The monoisotopic (exact) mass is 356 g/mol. The van der Waals surface area contributed by atoms with Crippen LogP contribution in [-0.4, -0.2) is 36.2 Å². The van der Waals surface area contributed by atoms with E-state index in [4.69, 9.17) is 0 Å². The van der Waals surface area contributed by atoms with E-state index in [-0.39, 0.29) is 6.04 Å². The molecule has 0 aliphatic carbocycles. The highest BCUT2D eigenvalue weighted by atomic mass is 15.3. The molecule has 134 valence electrons. The zero-order valence-electron chi connectivity index (χ0n) is 14.9. The summed E-state index contributed by atoms with van der Waals surface area (Å²) in [6, 6.07) is 16.6. The Kier molecular flexibility index (Phi) is 4.03. The van der Waals surface area contributed by atoms with E-state index >= 15 is 0 Å². The number of pyridine rings is 1. The van der Waals surface area contributed by atoms with Gasteiger partial charge in [0.15, 0.2) is 0 Å². The molecule has 0 bridgehead atoms. The highest BCUT2D eigenvalue weighted by Gasteiger charge is 2.31. The van der Waals surface area contributed by atoms with Crippen LogP contribution in [0.4, 0.5) is 0 Å². The lowest BCUT2D eigenvalue weighted by Gasteiger charge is -2.35. The van der Waals surface area contributed by atoms with Crippen LogP contribution in [0.3, 0.4) is 0 Å². The van der Waals surface area contributed by atoms with Crippen molar-refractivity contribution in [3.05, 3.63) is 96.1 Å². The summed E-state index contributed by atoms with van der Waals surface area (Å²) < 4.78 is 2.01. The minimum Gasteiger partial charge on any atom is -0.348 e. The van der Waals surface area contributed by atoms with Crippen molar-refractivity contribution in [2.45, 2.75) is 19.0 Å². The van der Waals surface area contributed by atoms with Crippen LogP contribution in [0.5, 0.6) is 0 Å². The molecule has 1 aromatic carbocycles. The number of nitrogens with one attached hydrogen (secondary N) is 1. The number of H-pyrrole nitrogens is 1. The van der Waals surface area contributed by atoms with E-state index in [1.54, 1.807) is 6.33 Å². The van der Waals surface area contributed by atoms with Gasteiger partial charge in [0, 0.05) is 43.8 Å². The Balaban J connectivity index is 1.51. The molecule has 0 unspecified atom stereocenters. The van der Waals surface area contributed by atoms with Gasteiger partial charge in [0.05, 0.1) is 29.4 Å². The van der Waals surface area contributed by atoms with Gasteiger partial charge in [-0.2, -0.15) is 5.10 Å². The van der Waals surface area contributed by atoms with E-state index in [1.807, 2.05) is 47.5 Å². The lowest BCUT2D eigenvalue weighted by molar-refractivity contribution is 0.196. The summed E-state index contributed by atoms with van der Waals surface area (Å²) >= 11 is 0. The number of fused-ring (bicyclic) bond motifs is 1. The Morgan fingerprint density at radius 1 is 1.04 bits per heavy atom. The third kappa shape index (κ3) is 2.94. The molecule has 0 saturated carbocycles. The van der Waals surface area contributed by atoms with Crippen molar-refractivity contribution in [1.29, 1.82) is 0 Å². The summed E-state index contributed by atoms with van der Waals surface area (Å²) in [7, 11) is 0. The molecule has 5 rings (SSSR count). The molecule has 27 heavy (non-hydrogen) atoms. The second-order valence-corrected chi connectivity index (χ2v) is 6.75. The van der Waals surface area contributed by atoms with E-state index in [1.165, 1.54) is 5.69 Å². The minimum absolute atomic E-state index is 0.0906. The number of benzene rings is 1. The van der Waals surface area contributed by atoms with Crippen molar-refractivity contribution in [3.8, 4) is 5.69 Å². The van der Waals surface area contributed by atoms with E-state index in [0.717, 1.165) is 42.1 Å². The van der Waals surface area contributed by atoms with Crippen LogP contribution in [-0.2, 0) is 13.0 Å². The number of hydrogen-bond donors (Lipinski definition) is 1. The molecule has 0 amide bonds. The second kappa shape index (κ2) is 6.81. The molecule has 1 aliphatic heterocycles. The molecule has 0 saturated heterocycles. The quantitative estimate of drug-likeness (QED) is 0.610. The lowest BCUT2D eigenvalue weighted by atomic mass is 9.96. The number of rotatable bonds is 4. The normalized spacial score (nSPS) is 17.0. The summed E-state index contributed by atoms with van der Waals surface area (Å²) in [4.78, 5) is 14.7. The maximum absolute atomic E-state index is 4.63. The van der Waals surface area contributed by atoms with Crippen LogP contribution in [0.1, 0.15) is 28.7 Å². The average Bonchev–Trinajstić information content (AvgIpc) is 3.38. The molecule has 1 aliphatic rings. The number of aromatic nitrogens is 5. The van der Waals surface area contributed by atoms with E-state index in [2.05, 4.69) is 49.2 Å². The first-order valence-electron chi connectivity index (χ1n) is 9.14. The fraction of sp³-hybridized carbons (Fsp3) is 0.190. The summed E-state index contributed by atoms with van der Waals surface area (Å²) in [6.07, 6.45) is 8.38. The zero-order chi connectivity index (χ0) is 18.1. The standard InChI is InChI=1S/C21H20N6/c1-2-6-17(7-3-1)27-18(8-11-25-27)14-26-12-9-19-20(24-15-23-19)21(26)16-5-4-10-22-13-16/h1-8,10-11,13,15,21H,9,12,14H2,(H,23,24)/t21-/m1/s1. The van der Waals surface area contributed by atoms with Crippen molar-refractivity contribution in [2.24, 2.45) is 0 Å². The minimum atomic E-state index is 0.0906. The van der Waals surface area contributed by atoms with Crippen LogP contribution in [0, 0.1) is 0 Å². The largest absolute Gasteiger partial charge is 0.348 e. The molecule has 1 N–H and O–H groups in total. The van der Waals surface area contributed by atoms with Gasteiger partial charge in [0.2, 0.25) is 0 Å². The predicted octanol–water partition coefficient (Wildman–Crippen LogP) is 3.14. The molecule has 0 fully saturated rings. The Hall–Kier alpha value is -3.25. The van der Waals surface area contributed by atoms with Gasteiger partial charge < -0.3 is 4.98 Å². The van der Waals surface area contributed by atoms with Crippen molar-refractivity contribution in [1.82, 2.24) is 29.6 Å². The van der Waals surface area contributed by atoms with Gasteiger partial charge in [0.25, 0.3) is 0 Å². The van der Waals surface area contributed by atoms with Crippen molar-refractivity contribution < 1.29 is 0 Å². The van der Waals surface area contributed by atoms with Gasteiger partial charge in [0.1, 0.15) is 0 Å². The summed E-state index contributed by atoms with van der Waals surface area (Å²) in [6.45, 7) is 1.75. The second-order valence-electron chi connectivity index (χ2n) is 6.75. The highest BCUT2D eigenvalue weighted by Crippen LogP contribution is 2.34. The smallest absolute Gasteiger partial charge is 0.0926 e. The molecule has 1 atom stereocenters.